The van der Waals surface area contributed by atoms with Crippen molar-refractivity contribution in [1.82, 2.24) is 0 Å². The molecule has 0 spiro atoms. The van der Waals surface area contributed by atoms with Gasteiger partial charge in [0.05, 0.1) is 5.88 Å². The summed E-state index contributed by atoms with van der Waals surface area (Å²) in [5.41, 5.74) is 1.20. The van der Waals surface area contributed by atoms with E-state index in [9.17, 15) is 0 Å². The molecule has 0 amide bonds. The van der Waals surface area contributed by atoms with Crippen molar-refractivity contribution >= 4 is 17.5 Å². The maximum absolute atomic E-state index is 4.43. The monoisotopic (exact) mass is 209 g/mol. The second-order valence-electron chi connectivity index (χ2n) is 3.48. The Hall–Kier alpha value is -0.500. The molecule has 1 heterocycles. The summed E-state index contributed by atoms with van der Waals surface area (Å²) < 4.78 is 0. The summed E-state index contributed by atoms with van der Waals surface area (Å²) in [4.78, 5) is 5.93. The average molecular weight is 209 g/mol. The van der Waals surface area contributed by atoms with E-state index >= 15 is 0 Å². The minimum atomic E-state index is 0.904. The SMILES string of the molecule is C=CCC1=NCSC(CCCCC)=C1. The third-order valence-electron chi connectivity index (χ3n) is 2.23. The zero-order valence-corrected chi connectivity index (χ0v) is 9.78. The van der Waals surface area contributed by atoms with E-state index in [1.54, 1.807) is 0 Å². The zero-order chi connectivity index (χ0) is 10.2. The predicted molar refractivity (Wildman–Crippen MR) is 66.9 cm³/mol. The van der Waals surface area contributed by atoms with Crippen molar-refractivity contribution in [2.45, 2.75) is 39.0 Å². The van der Waals surface area contributed by atoms with E-state index in [0.29, 0.717) is 0 Å². The summed E-state index contributed by atoms with van der Waals surface area (Å²) in [5, 5.41) is 0. The minimum absolute atomic E-state index is 0.904. The van der Waals surface area contributed by atoms with E-state index in [0.717, 1.165) is 12.3 Å². The second kappa shape index (κ2) is 6.88. The van der Waals surface area contributed by atoms with Gasteiger partial charge in [-0.05, 0) is 23.8 Å². The Morgan fingerprint density at radius 3 is 3.14 bits per heavy atom. The lowest BCUT2D eigenvalue weighted by Crippen LogP contribution is -1.99. The first kappa shape index (κ1) is 11.6. The Labute approximate surface area is 91.4 Å². The largest absolute Gasteiger partial charge is 0.278 e. The lowest BCUT2D eigenvalue weighted by Gasteiger charge is -2.11. The van der Waals surface area contributed by atoms with Crippen LogP contribution >= 0.6 is 11.8 Å². The van der Waals surface area contributed by atoms with Crippen molar-refractivity contribution in [1.29, 1.82) is 0 Å². The van der Waals surface area contributed by atoms with Crippen molar-refractivity contribution in [3.05, 3.63) is 23.6 Å². The van der Waals surface area contributed by atoms with Crippen molar-refractivity contribution < 1.29 is 0 Å². The van der Waals surface area contributed by atoms with Crippen LogP contribution in [0.1, 0.15) is 39.0 Å². The third kappa shape index (κ3) is 4.14. The molecule has 0 aliphatic carbocycles. The summed E-state index contributed by atoms with van der Waals surface area (Å²) in [7, 11) is 0. The molecule has 78 valence electrons. The normalized spacial score (nSPS) is 16.1. The molecule has 0 bridgehead atoms. The van der Waals surface area contributed by atoms with Crippen LogP contribution in [0.25, 0.3) is 0 Å². The van der Waals surface area contributed by atoms with Crippen LogP contribution in [0.3, 0.4) is 0 Å². The smallest absolute Gasteiger partial charge is 0.0890 e. The first-order chi connectivity index (χ1) is 6.86. The van der Waals surface area contributed by atoms with Gasteiger partial charge in [0.2, 0.25) is 0 Å². The van der Waals surface area contributed by atoms with E-state index in [-0.39, 0.29) is 0 Å². The highest BCUT2D eigenvalue weighted by molar-refractivity contribution is 8.03. The summed E-state index contributed by atoms with van der Waals surface area (Å²) >= 11 is 1.88. The summed E-state index contributed by atoms with van der Waals surface area (Å²) in [6, 6.07) is 0. The molecule has 0 N–H and O–H groups in total. The molecular formula is C12H19NS. The van der Waals surface area contributed by atoms with E-state index in [1.165, 1.54) is 36.3 Å². The Morgan fingerprint density at radius 1 is 1.57 bits per heavy atom. The summed E-state index contributed by atoms with van der Waals surface area (Å²) in [6.07, 6.45) is 10.3. The average Bonchev–Trinajstić information content (AvgIpc) is 2.19. The van der Waals surface area contributed by atoms with Gasteiger partial charge in [-0.15, -0.1) is 18.3 Å². The molecule has 0 saturated heterocycles. The lowest BCUT2D eigenvalue weighted by molar-refractivity contribution is 0.725. The van der Waals surface area contributed by atoms with Gasteiger partial charge < -0.3 is 0 Å². The summed E-state index contributed by atoms with van der Waals surface area (Å²) in [5.74, 6) is 0.904. The van der Waals surface area contributed by atoms with Crippen molar-refractivity contribution in [3.63, 3.8) is 0 Å². The number of nitrogens with zero attached hydrogens (tertiary/aromatic N) is 1. The van der Waals surface area contributed by atoms with Crippen LogP contribution in [0.15, 0.2) is 28.6 Å². The first-order valence-electron chi connectivity index (χ1n) is 5.34. The van der Waals surface area contributed by atoms with Gasteiger partial charge in [-0.2, -0.15) is 0 Å². The number of thioether (sulfide) groups is 1. The molecule has 0 fully saturated rings. The van der Waals surface area contributed by atoms with Crippen LogP contribution in [0.2, 0.25) is 0 Å². The minimum Gasteiger partial charge on any atom is -0.278 e. The first-order valence-corrected chi connectivity index (χ1v) is 6.33. The molecule has 0 aromatic rings. The fourth-order valence-corrected chi connectivity index (χ4v) is 2.34. The van der Waals surface area contributed by atoms with Crippen LogP contribution in [-0.4, -0.2) is 11.6 Å². The molecule has 2 heteroatoms. The van der Waals surface area contributed by atoms with Crippen LogP contribution in [0, 0.1) is 0 Å². The van der Waals surface area contributed by atoms with Gasteiger partial charge >= 0.3 is 0 Å². The van der Waals surface area contributed by atoms with E-state index in [2.05, 4.69) is 24.6 Å². The Balaban J connectivity index is 2.37. The highest BCUT2D eigenvalue weighted by atomic mass is 32.2. The standard InChI is InChI=1S/C12H19NS/c1-3-5-6-8-12-9-11(7-4-2)13-10-14-12/h4,9H,2-3,5-8,10H2,1H3. The molecule has 0 radical (unpaired) electrons. The van der Waals surface area contributed by atoms with Crippen LogP contribution in [-0.2, 0) is 0 Å². The van der Waals surface area contributed by atoms with Crippen molar-refractivity contribution in [3.8, 4) is 0 Å². The molecule has 1 rings (SSSR count). The number of unbranched alkanes of at least 4 members (excludes halogenated alkanes) is 2. The molecular weight excluding hydrogens is 190 g/mol. The number of hydrogen-bond donors (Lipinski definition) is 0. The van der Waals surface area contributed by atoms with Gasteiger partial charge in [-0.1, -0.05) is 25.8 Å². The number of aliphatic imine (C=N–C) groups is 1. The van der Waals surface area contributed by atoms with E-state index in [1.807, 2.05) is 17.8 Å². The number of allylic oxidation sites excluding steroid dienone is 3. The Morgan fingerprint density at radius 2 is 2.43 bits per heavy atom. The summed E-state index contributed by atoms with van der Waals surface area (Å²) in [6.45, 7) is 5.98. The Bertz CT molecular complexity index is 241. The van der Waals surface area contributed by atoms with Gasteiger partial charge in [0.15, 0.2) is 0 Å². The third-order valence-corrected chi connectivity index (χ3v) is 3.18. The van der Waals surface area contributed by atoms with Gasteiger partial charge in [-0.3, -0.25) is 4.99 Å². The maximum Gasteiger partial charge on any atom is 0.0890 e. The van der Waals surface area contributed by atoms with E-state index in [4.69, 9.17) is 0 Å². The molecule has 14 heavy (non-hydrogen) atoms. The molecule has 1 nitrogen and oxygen atoms in total. The predicted octanol–water partition coefficient (Wildman–Crippen LogP) is 4.17. The van der Waals surface area contributed by atoms with Crippen molar-refractivity contribution in [2.75, 3.05) is 5.88 Å². The lowest BCUT2D eigenvalue weighted by atomic mass is 10.1. The van der Waals surface area contributed by atoms with Gasteiger partial charge in [0.25, 0.3) is 0 Å². The molecule has 1 aliphatic rings. The topological polar surface area (TPSA) is 12.4 Å². The molecule has 1 aliphatic heterocycles. The molecule has 0 unspecified atom stereocenters. The van der Waals surface area contributed by atoms with Gasteiger partial charge in [0.1, 0.15) is 0 Å². The number of hydrogen-bond acceptors (Lipinski definition) is 2. The fraction of sp³-hybridized carbons (Fsp3) is 0.583. The zero-order valence-electron chi connectivity index (χ0n) is 8.96. The van der Waals surface area contributed by atoms with Crippen LogP contribution < -0.4 is 0 Å². The molecule has 0 aromatic carbocycles. The van der Waals surface area contributed by atoms with E-state index < -0.39 is 0 Å². The Kier molecular flexibility index (Phi) is 5.69. The molecule has 0 aromatic heterocycles. The second-order valence-corrected chi connectivity index (χ2v) is 4.55. The number of rotatable bonds is 6. The van der Waals surface area contributed by atoms with Gasteiger partial charge in [0, 0.05) is 12.1 Å². The highest BCUT2D eigenvalue weighted by Crippen LogP contribution is 2.26. The fourth-order valence-electron chi connectivity index (χ4n) is 1.44. The van der Waals surface area contributed by atoms with Crippen LogP contribution in [0.5, 0.6) is 0 Å². The molecule has 0 saturated carbocycles. The van der Waals surface area contributed by atoms with Crippen molar-refractivity contribution in [2.24, 2.45) is 4.99 Å². The maximum atomic E-state index is 4.43. The van der Waals surface area contributed by atoms with Crippen LogP contribution in [0.4, 0.5) is 0 Å². The quantitative estimate of drug-likeness (QED) is 0.472. The van der Waals surface area contributed by atoms with Gasteiger partial charge in [-0.25, -0.2) is 0 Å². The highest BCUT2D eigenvalue weighted by Gasteiger charge is 2.05. The molecule has 0 atom stereocenters.